The SMILES string of the molecule is CNCC(C)NCc1cc(C)oc1C. The number of likely N-dealkylation sites (N-methyl/N-ethyl adjacent to an activating group) is 1. The predicted octanol–water partition coefficient (Wildman–Crippen LogP) is 1.59. The lowest BCUT2D eigenvalue weighted by Gasteiger charge is -2.12. The lowest BCUT2D eigenvalue weighted by molar-refractivity contribution is 0.489. The van der Waals surface area contributed by atoms with Crippen molar-refractivity contribution in [1.82, 2.24) is 10.6 Å². The molecule has 1 rings (SSSR count). The Balaban J connectivity index is 2.41. The van der Waals surface area contributed by atoms with Crippen molar-refractivity contribution in [3.05, 3.63) is 23.2 Å². The third-order valence-electron chi connectivity index (χ3n) is 2.30. The summed E-state index contributed by atoms with van der Waals surface area (Å²) >= 11 is 0. The summed E-state index contributed by atoms with van der Waals surface area (Å²) in [4.78, 5) is 0. The van der Waals surface area contributed by atoms with Gasteiger partial charge in [-0.2, -0.15) is 0 Å². The topological polar surface area (TPSA) is 37.2 Å². The first kappa shape index (κ1) is 11.3. The minimum absolute atomic E-state index is 0.481. The van der Waals surface area contributed by atoms with Crippen LogP contribution in [-0.4, -0.2) is 19.6 Å². The maximum Gasteiger partial charge on any atom is 0.105 e. The maximum atomic E-state index is 5.45. The van der Waals surface area contributed by atoms with E-state index in [4.69, 9.17) is 4.42 Å². The summed E-state index contributed by atoms with van der Waals surface area (Å²) in [5, 5.41) is 6.57. The zero-order valence-electron chi connectivity index (χ0n) is 9.48. The summed E-state index contributed by atoms with van der Waals surface area (Å²) in [5.41, 5.74) is 1.26. The second kappa shape index (κ2) is 5.17. The molecule has 0 aliphatic heterocycles. The van der Waals surface area contributed by atoms with E-state index < -0.39 is 0 Å². The van der Waals surface area contributed by atoms with E-state index in [-0.39, 0.29) is 0 Å². The minimum atomic E-state index is 0.481. The number of rotatable bonds is 5. The molecule has 0 saturated carbocycles. The Morgan fingerprint density at radius 3 is 2.64 bits per heavy atom. The van der Waals surface area contributed by atoms with Crippen molar-refractivity contribution in [1.29, 1.82) is 0 Å². The van der Waals surface area contributed by atoms with Crippen LogP contribution < -0.4 is 10.6 Å². The highest BCUT2D eigenvalue weighted by atomic mass is 16.3. The molecule has 3 heteroatoms. The second-order valence-electron chi connectivity index (χ2n) is 3.78. The van der Waals surface area contributed by atoms with Crippen molar-refractivity contribution in [2.75, 3.05) is 13.6 Å². The molecule has 14 heavy (non-hydrogen) atoms. The fourth-order valence-corrected chi connectivity index (χ4v) is 1.52. The van der Waals surface area contributed by atoms with E-state index in [9.17, 15) is 0 Å². The first-order chi connectivity index (χ1) is 6.63. The van der Waals surface area contributed by atoms with Crippen LogP contribution in [-0.2, 0) is 6.54 Å². The molecule has 0 radical (unpaired) electrons. The molecule has 0 amide bonds. The van der Waals surface area contributed by atoms with Gasteiger partial charge in [0.25, 0.3) is 0 Å². The highest BCUT2D eigenvalue weighted by Crippen LogP contribution is 2.13. The lowest BCUT2D eigenvalue weighted by atomic mass is 10.2. The van der Waals surface area contributed by atoms with Gasteiger partial charge in [-0.3, -0.25) is 0 Å². The number of hydrogen-bond acceptors (Lipinski definition) is 3. The van der Waals surface area contributed by atoms with E-state index in [0.29, 0.717) is 6.04 Å². The van der Waals surface area contributed by atoms with E-state index in [1.807, 2.05) is 20.9 Å². The lowest BCUT2D eigenvalue weighted by Crippen LogP contribution is -2.34. The highest BCUT2D eigenvalue weighted by molar-refractivity contribution is 5.19. The summed E-state index contributed by atoms with van der Waals surface area (Å²) in [5.74, 6) is 2.01. The van der Waals surface area contributed by atoms with Gasteiger partial charge in [-0.05, 0) is 33.9 Å². The molecular formula is C11H20N2O. The van der Waals surface area contributed by atoms with Crippen molar-refractivity contribution in [3.63, 3.8) is 0 Å². The van der Waals surface area contributed by atoms with Crippen molar-refractivity contribution in [2.45, 2.75) is 33.4 Å². The zero-order valence-corrected chi connectivity index (χ0v) is 9.48. The van der Waals surface area contributed by atoms with Crippen molar-refractivity contribution in [2.24, 2.45) is 0 Å². The molecular weight excluding hydrogens is 176 g/mol. The summed E-state index contributed by atoms with van der Waals surface area (Å²) in [6.07, 6.45) is 0. The molecule has 80 valence electrons. The van der Waals surface area contributed by atoms with Crippen molar-refractivity contribution in [3.8, 4) is 0 Å². The monoisotopic (exact) mass is 196 g/mol. The quantitative estimate of drug-likeness (QED) is 0.751. The molecule has 0 aliphatic carbocycles. The Morgan fingerprint density at radius 2 is 2.14 bits per heavy atom. The van der Waals surface area contributed by atoms with Crippen LogP contribution in [0.5, 0.6) is 0 Å². The predicted molar refractivity (Wildman–Crippen MR) is 58.4 cm³/mol. The summed E-state index contributed by atoms with van der Waals surface area (Å²) < 4.78 is 5.45. The van der Waals surface area contributed by atoms with E-state index >= 15 is 0 Å². The number of aryl methyl sites for hydroxylation is 2. The van der Waals surface area contributed by atoms with Crippen LogP contribution in [0.25, 0.3) is 0 Å². The molecule has 3 nitrogen and oxygen atoms in total. The third kappa shape index (κ3) is 3.16. The summed E-state index contributed by atoms with van der Waals surface area (Å²) in [6.45, 7) is 8.01. The minimum Gasteiger partial charge on any atom is -0.466 e. The Bertz CT molecular complexity index is 281. The van der Waals surface area contributed by atoms with Gasteiger partial charge in [-0.1, -0.05) is 0 Å². The third-order valence-corrected chi connectivity index (χ3v) is 2.30. The molecule has 0 aromatic carbocycles. The van der Waals surface area contributed by atoms with E-state index in [1.165, 1.54) is 5.56 Å². The fourth-order valence-electron chi connectivity index (χ4n) is 1.52. The molecule has 1 heterocycles. The average molecular weight is 196 g/mol. The van der Waals surface area contributed by atoms with Gasteiger partial charge < -0.3 is 15.1 Å². The first-order valence-electron chi connectivity index (χ1n) is 5.07. The summed E-state index contributed by atoms with van der Waals surface area (Å²) in [7, 11) is 1.96. The molecule has 0 bridgehead atoms. The van der Waals surface area contributed by atoms with Gasteiger partial charge in [0.15, 0.2) is 0 Å². The van der Waals surface area contributed by atoms with Crippen LogP contribution in [0.3, 0.4) is 0 Å². The van der Waals surface area contributed by atoms with Crippen LogP contribution in [0.15, 0.2) is 10.5 Å². The molecule has 0 spiro atoms. The zero-order chi connectivity index (χ0) is 10.6. The molecule has 1 unspecified atom stereocenters. The number of hydrogen-bond donors (Lipinski definition) is 2. The van der Waals surface area contributed by atoms with Crippen molar-refractivity contribution >= 4 is 0 Å². The van der Waals surface area contributed by atoms with Crippen LogP contribution in [0.2, 0.25) is 0 Å². The molecule has 0 fully saturated rings. The maximum absolute atomic E-state index is 5.45. The van der Waals surface area contributed by atoms with Crippen LogP contribution in [0, 0.1) is 13.8 Å². The Kier molecular flexibility index (Phi) is 4.17. The van der Waals surface area contributed by atoms with Gasteiger partial charge in [0.05, 0.1) is 0 Å². The molecule has 0 aliphatic rings. The Morgan fingerprint density at radius 1 is 1.43 bits per heavy atom. The van der Waals surface area contributed by atoms with E-state index in [1.54, 1.807) is 0 Å². The average Bonchev–Trinajstić information content (AvgIpc) is 2.42. The molecule has 2 N–H and O–H groups in total. The highest BCUT2D eigenvalue weighted by Gasteiger charge is 2.05. The number of furan rings is 1. The van der Waals surface area contributed by atoms with Gasteiger partial charge in [0, 0.05) is 24.7 Å². The molecule has 1 aromatic rings. The Hall–Kier alpha value is -0.800. The smallest absolute Gasteiger partial charge is 0.105 e. The molecule has 1 atom stereocenters. The molecule has 1 aromatic heterocycles. The largest absolute Gasteiger partial charge is 0.466 e. The summed E-state index contributed by atoms with van der Waals surface area (Å²) in [6, 6.07) is 2.57. The van der Waals surface area contributed by atoms with Gasteiger partial charge in [-0.25, -0.2) is 0 Å². The number of nitrogens with one attached hydrogen (secondary N) is 2. The second-order valence-corrected chi connectivity index (χ2v) is 3.78. The molecule has 0 saturated heterocycles. The normalized spacial score (nSPS) is 13.1. The first-order valence-corrected chi connectivity index (χ1v) is 5.07. The van der Waals surface area contributed by atoms with Crippen LogP contribution in [0.4, 0.5) is 0 Å². The van der Waals surface area contributed by atoms with Gasteiger partial charge in [0.1, 0.15) is 11.5 Å². The van der Waals surface area contributed by atoms with E-state index in [2.05, 4.69) is 23.6 Å². The van der Waals surface area contributed by atoms with Gasteiger partial charge >= 0.3 is 0 Å². The Labute approximate surface area is 85.9 Å². The standard InChI is InChI=1S/C11H20N2O/c1-8(6-12-4)13-7-11-5-9(2)14-10(11)3/h5,8,12-13H,6-7H2,1-4H3. The van der Waals surface area contributed by atoms with Crippen molar-refractivity contribution < 1.29 is 4.42 Å². The fraction of sp³-hybridized carbons (Fsp3) is 0.636. The van der Waals surface area contributed by atoms with Crippen LogP contribution >= 0.6 is 0 Å². The van der Waals surface area contributed by atoms with Gasteiger partial charge in [-0.15, -0.1) is 0 Å². The van der Waals surface area contributed by atoms with Crippen LogP contribution in [0.1, 0.15) is 24.0 Å². The van der Waals surface area contributed by atoms with Gasteiger partial charge in [0.2, 0.25) is 0 Å². The van der Waals surface area contributed by atoms with E-state index in [0.717, 1.165) is 24.6 Å².